The summed E-state index contributed by atoms with van der Waals surface area (Å²) in [6.07, 6.45) is 1.00. The zero-order valence-electron chi connectivity index (χ0n) is 18.7. The van der Waals surface area contributed by atoms with Crippen molar-refractivity contribution in [3.8, 4) is 0 Å². The van der Waals surface area contributed by atoms with Crippen molar-refractivity contribution in [2.24, 2.45) is 5.92 Å². The first-order chi connectivity index (χ1) is 17.2. The maximum Gasteiger partial charge on any atom is 0.252 e. The third-order valence-corrected chi connectivity index (χ3v) is 10.5. The number of sulfonamides is 1. The number of thiophene rings is 1. The normalized spacial score (nSPS) is 16.9. The summed E-state index contributed by atoms with van der Waals surface area (Å²) < 4.78 is 56.6. The summed E-state index contributed by atoms with van der Waals surface area (Å²) in [7, 11) is -3.80. The van der Waals surface area contributed by atoms with E-state index in [1.165, 1.54) is 27.4 Å². The van der Waals surface area contributed by atoms with Crippen molar-refractivity contribution in [2.75, 3.05) is 18.0 Å². The molecule has 1 aliphatic heterocycles. The van der Waals surface area contributed by atoms with Crippen LogP contribution in [0.3, 0.4) is 0 Å². The van der Waals surface area contributed by atoms with Crippen molar-refractivity contribution >= 4 is 65.6 Å². The Kier molecular flexibility index (Phi) is 7.10. The van der Waals surface area contributed by atoms with E-state index in [4.69, 9.17) is 11.6 Å². The first kappa shape index (κ1) is 25.2. The molecular weight excluding hydrogens is 548 g/mol. The van der Waals surface area contributed by atoms with Crippen LogP contribution in [0.4, 0.5) is 13.9 Å². The van der Waals surface area contributed by atoms with Gasteiger partial charge in [-0.2, -0.15) is 4.31 Å². The van der Waals surface area contributed by atoms with E-state index in [2.05, 4.69) is 4.98 Å². The first-order valence-corrected chi connectivity index (χ1v) is 14.5. The lowest BCUT2D eigenvalue weighted by atomic mass is 9.98. The number of anilines is 1. The topological polar surface area (TPSA) is 70.6 Å². The summed E-state index contributed by atoms with van der Waals surface area (Å²) in [4.78, 5) is 19.6. The molecule has 1 unspecified atom stereocenters. The number of fused-ring (bicyclic) bond motifs is 1. The molecule has 0 saturated carbocycles. The molecule has 4 aromatic rings. The lowest BCUT2D eigenvalue weighted by Crippen LogP contribution is -2.46. The number of benzene rings is 2. The van der Waals surface area contributed by atoms with Gasteiger partial charge in [0.2, 0.25) is 5.91 Å². The van der Waals surface area contributed by atoms with Crippen molar-refractivity contribution in [3.05, 3.63) is 76.1 Å². The Hall–Kier alpha value is -2.44. The number of carbonyl (C=O) groups is 1. The van der Waals surface area contributed by atoms with E-state index >= 15 is 0 Å². The highest BCUT2D eigenvalue weighted by molar-refractivity contribution is 7.91. The van der Waals surface area contributed by atoms with Crippen LogP contribution in [0.2, 0.25) is 4.34 Å². The van der Waals surface area contributed by atoms with E-state index in [0.29, 0.717) is 23.7 Å². The molecule has 3 heterocycles. The smallest absolute Gasteiger partial charge is 0.252 e. The van der Waals surface area contributed by atoms with Crippen LogP contribution in [0, 0.1) is 17.6 Å². The van der Waals surface area contributed by atoms with Crippen molar-refractivity contribution in [2.45, 2.75) is 23.6 Å². The monoisotopic (exact) mass is 567 g/mol. The van der Waals surface area contributed by atoms with Crippen molar-refractivity contribution < 1.29 is 22.0 Å². The third-order valence-electron chi connectivity index (χ3n) is 5.96. The molecule has 1 atom stereocenters. The predicted octanol–water partition coefficient (Wildman–Crippen LogP) is 5.92. The number of hydrogen-bond donors (Lipinski definition) is 0. The number of nitrogens with zero attached hydrogens (tertiary/aromatic N) is 3. The van der Waals surface area contributed by atoms with Gasteiger partial charge >= 0.3 is 0 Å². The molecule has 1 aliphatic rings. The van der Waals surface area contributed by atoms with Gasteiger partial charge in [0.05, 0.1) is 21.5 Å². The van der Waals surface area contributed by atoms with Gasteiger partial charge in [-0.05, 0) is 36.6 Å². The summed E-state index contributed by atoms with van der Waals surface area (Å²) in [5.74, 6) is -2.47. The molecule has 6 nitrogen and oxygen atoms in total. The number of carbonyl (C=O) groups excluding carboxylic acids is 1. The van der Waals surface area contributed by atoms with E-state index in [0.717, 1.165) is 34.3 Å². The quantitative estimate of drug-likeness (QED) is 0.290. The van der Waals surface area contributed by atoms with Gasteiger partial charge in [0.1, 0.15) is 15.5 Å². The molecule has 0 aliphatic carbocycles. The summed E-state index contributed by atoms with van der Waals surface area (Å²) in [5, 5.41) is 0.230. The number of amides is 1. The Morgan fingerprint density at radius 1 is 1.14 bits per heavy atom. The number of thiazole rings is 1. The fourth-order valence-electron chi connectivity index (χ4n) is 4.21. The van der Waals surface area contributed by atoms with E-state index < -0.39 is 27.6 Å². The predicted molar refractivity (Wildman–Crippen MR) is 138 cm³/mol. The SMILES string of the molecule is O=C(C1CCCN(S(=O)(=O)c2ccc(Cl)s2)C1)N(Cc1ccccc1)c1nc2c(F)cc(F)cc2s1. The fraction of sp³-hybridized carbons (Fsp3) is 0.250. The Morgan fingerprint density at radius 3 is 2.64 bits per heavy atom. The van der Waals surface area contributed by atoms with E-state index in [1.807, 2.05) is 30.3 Å². The van der Waals surface area contributed by atoms with Gasteiger partial charge in [-0.15, -0.1) is 11.3 Å². The molecule has 0 N–H and O–H groups in total. The average molecular weight is 568 g/mol. The average Bonchev–Trinajstić information content (AvgIpc) is 3.50. The number of rotatable bonds is 6. The summed E-state index contributed by atoms with van der Waals surface area (Å²) >= 11 is 7.94. The minimum absolute atomic E-state index is 0.00955. The maximum atomic E-state index is 14.4. The Labute approximate surface area is 219 Å². The second kappa shape index (κ2) is 10.1. The van der Waals surface area contributed by atoms with Gasteiger partial charge < -0.3 is 0 Å². The van der Waals surface area contributed by atoms with Gasteiger partial charge in [-0.25, -0.2) is 22.2 Å². The molecule has 1 amide bonds. The zero-order chi connectivity index (χ0) is 25.4. The fourth-order valence-corrected chi connectivity index (χ4v) is 8.38. The molecule has 0 bridgehead atoms. The summed E-state index contributed by atoms with van der Waals surface area (Å²) in [5.41, 5.74) is 0.815. The van der Waals surface area contributed by atoms with Gasteiger partial charge in [0.15, 0.2) is 10.9 Å². The van der Waals surface area contributed by atoms with Gasteiger partial charge in [-0.3, -0.25) is 9.69 Å². The molecule has 1 saturated heterocycles. The molecular formula is C24H20ClF2N3O3S3. The minimum Gasteiger partial charge on any atom is -0.283 e. The third kappa shape index (κ3) is 5.03. The Morgan fingerprint density at radius 2 is 1.92 bits per heavy atom. The molecule has 12 heteroatoms. The van der Waals surface area contributed by atoms with Crippen LogP contribution in [0.25, 0.3) is 10.2 Å². The molecule has 188 valence electrons. The highest BCUT2D eigenvalue weighted by Gasteiger charge is 2.37. The van der Waals surface area contributed by atoms with Crippen LogP contribution >= 0.6 is 34.3 Å². The standard InChI is InChI=1S/C24H20ClF2N3O3S3/c25-20-8-9-21(35-20)36(32,33)29-10-4-7-16(14-29)23(31)30(13-15-5-2-1-3-6-15)24-28-22-18(27)11-17(26)12-19(22)34-24/h1-3,5-6,8-9,11-12,16H,4,7,10,13-14H2. The van der Waals surface area contributed by atoms with E-state index in [9.17, 15) is 22.0 Å². The van der Waals surface area contributed by atoms with Crippen molar-refractivity contribution in [3.63, 3.8) is 0 Å². The summed E-state index contributed by atoms with van der Waals surface area (Å²) in [6.45, 7) is 0.467. The molecule has 2 aromatic carbocycles. The van der Waals surface area contributed by atoms with Crippen LogP contribution in [0.5, 0.6) is 0 Å². The van der Waals surface area contributed by atoms with Crippen molar-refractivity contribution in [1.82, 2.24) is 9.29 Å². The molecule has 0 spiro atoms. The zero-order valence-corrected chi connectivity index (χ0v) is 21.9. The lowest BCUT2D eigenvalue weighted by Gasteiger charge is -2.33. The number of piperidine rings is 1. The highest BCUT2D eigenvalue weighted by atomic mass is 35.5. The second-order valence-electron chi connectivity index (χ2n) is 8.40. The Bertz CT molecular complexity index is 1530. The number of aromatic nitrogens is 1. The lowest BCUT2D eigenvalue weighted by molar-refractivity contribution is -0.123. The Balaban J connectivity index is 1.47. The van der Waals surface area contributed by atoms with Gasteiger partial charge in [-0.1, -0.05) is 53.3 Å². The maximum absolute atomic E-state index is 14.4. The largest absolute Gasteiger partial charge is 0.283 e. The van der Waals surface area contributed by atoms with Crippen LogP contribution in [-0.4, -0.2) is 36.7 Å². The van der Waals surface area contributed by atoms with Crippen molar-refractivity contribution in [1.29, 1.82) is 0 Å². The number of halogens is 3. The second-order valence-corrected chi connectivity index (χ2v) is 13.3. The summed E-state index contributed by atoms with van der Waals surface area (Å²) in [6, 6.07) is 14.2. The van der Waals surface area contributed by atoms with Gasteiger partial charge in [0.25, 0.3) is 10.0 Å². The minimum atomic E-state index is -3.80. The number of hydrogen-bond acceptors (Lipinski definition) is 6. The van der Waals surface area contributed by atoms with Crippen LogP contribution in [0.1, 0.15) is 18.4 Å². The van der Waals surface area contributed by atoms with Crippen LogP contribution in [0.15, 0.2) is 58.8 Å². The first-order valence-electron chi connectivity index (χ1n) is 11.1. The highest BCUT2D eigenvalue weighted by Crippen LogP contribution is 2.35. The molecule has 2 aromatic heterocycles. The molecule has 5 rings (SSSR count). The van der Waals surface area contributed by atoms with Crippen LogP contribution in [-0.2, 0) is 21.4 Å². The van der Waals surface area contributed by atoms with Gasteiger partial charge in [0, 0.05) is 19.2 Å². The molecule has 36 heavy (non-hydrogen) atoms. The van der Waals surface area contributed by atoms with E-state index in [1.54, 1.807) is 0 Å². The molecule has 0 radical (unpaired) electrons. The van der Waals surface area contributed by atoms with E-state index in [-0.39, 0.29) is 38.6 Å². The molecule has 1 fully saturated rings. The van der Waals surface area contributed by atoms with Crippen LogP contribution < -0.4 is 4.90 Å².